The maximum atomic E-state index is 6.20. The summed E-state index contributed by atoms with van der Waals surface area (Å²) in [6.07, 6.45) is 6.98. The van der Waals surface area contributed by atoms with Crippen LogP contribution >= 0.6 is 0 Å². The number of nitrogens with two attached hydrogens (primary N) is 1. The lowest BCUT2D eigenvalue weighted by Gasteiger charge is -2.25. The first-order valence-corrected chi connectivity index (χ1v) is 6.49. The normalized spacial score (nSPS) is 15.9. The Morgan fingerprint density at radius 1 is 1.41 bits per heavy atom. The molecule has 1 aromatic rings. The van der Waals surface area contributed by atoms with Gasteiger partial charge in [0.1, 0.15) is 5.82 Å². The summed E-state index contributed by atoms with van der Waals surface area (Å²) in [5, 5.41) is 0. The highest BCUT2D eigenvalue weighted by Gasteiger charge is 2.18. The highest BCUT2D eigenvalue weighted by Crippen LogP contribution is 2.26. The largest absolute Gasteiger partial charge is 0.338 e. The van der Waals surface area contributed by atoms with E-state index >= 15 is 0 Å². The highest BCUT2D eigenvalue weighted by atomic mass is 15.0. The smallest absolute Gasteiger partial charge is 0.109 e. The standard InChI is InChI=1S/C14H27N3/c1-11(10-14(2,3)4)8-12(15)9-13-16-6-7-17(13)5/h6-7,11-12H,8-10,15H2,1-5H3. The summed E-state index contributed by atoms with van der Waals surface area (Å²) in [4.78, 5) is 4.32. The molecule has 2 N–H and O–H groups in total. The van der Waals surface area contributed by atoms with E-state index in [1.165, 1.54) is 6.42 Å². The first kappa shape index (κ1) is 14.2. The van der Waals surface area contributed by atoms with E-state index in [4.69, 9.17) is 5.73 Å². The predicted molar refractivity (Wildman–Crippen MR) is 72.7 cm³/mol. The number of rotatable bonds is 5. The second kappa shape index (κ2) is 5.67. The van der Waals surface area contributed by atoms with Gasteiger partial charge in [-0.3, -0.25) is 0 Å². The fourth-order valence-electron chi connectivity index (χ4n) is 2.56. The van der Waals surface area contributed by atoms with Crippen LogP contribution in [-0.2, 0) is 13.5 Å². The van der Waals surface area contributed by atoms with E-state index in [2.05, 4.69) is 32.7 Å². The van der Waals surface area contributed by atoms with Crippen molar-refractivity contribution in [2.75, 3.05) is 0 Å². The number of imidazole rings is 1. The molecule has 2 atom stereocenters. The van der Waals surface area contributed by atoms with Crippen LogP contribution in [0.15, 0.2) is 12.4 Å². The van der Waals surface area contributed by atoms with E-state index in [0.717, 1.165) is 18.7 Å². The number of nitrogens with zero attached hydrogens (tertiary/aromatic N) is 2. The van der Waals surface area contributed by atoms with Crippen molar-refractivity contribution >= 4 is 0 Å². The van der Waals surface area contributed by atoms with E-state index in [-0.39, 0.29) is 6.04 Å². The summed E-state index contributed by atoms with van der Waals surface area (Å²) >= 11 is 0. The molecule has 0 spiro atoms. The Morgan fingerprint density at radius 2 is 2.06 bits per heavy atom. The molecule has 0 fully saturated rings. The zero-order chi connectivity index (χ0) is 13.1. The molecular weight excluding hydrogens is 210 g/mol. The Bertz CT molecular complexity index is 335. The lowest BCUT2D eigenvalue weighted by molar-refractivity contribution is 0.284. The Labute approximate surface area is 105 Å². The average molecular weight is 237 g/mol. The summed E-state index contributed by atoms with van der Waals surface area (Å²) in [5.74, 6) is 1.76. The summed E-state index contributed by atoms with van der Waals surface area (Å²) in [5.41, 5.74) is 6.59. The van der Waals surface area contributed by atoms with Gasteiger partial charge < -0.3 is 10.3 Å². The molecule has 0 saturated heterocycles. The second-order valence-electron chi connectivity index (χ2n) is 6.52. The van der Waals surface area contributed by atoms with Gasteiger partial charge in [0.15, 0.2) is 0 Å². The molecule has 1 rings (SSSR count). The summed E-state index contributed by atoms with van der Waals surface area (Å²) < 4.78 is 2.05. The Morgan fingerprint density at radius 3 is 2.53 bits per heavy atom. The number of aromatic nitrogens is 2. The van der Waals surface area contributed by atoms with E-state index in [1.807, 2.05) is 24.0 Å². The SMILES string of the molecule is CC(CC(N)Cc1nccn1C)CC(C)(C)C. The van der Waals surface area contributed by atoms with E-state index < -0.39 is 0 Å². The molecule has 2 unspecified atom stereocenters. The van der Waals surface area contributed by atoms with Gasteiger partial charge in [-0.1, -0.05) is 27.7 Å². The summed E-state index contributed by atoms with van der Waals surface area (Å²) in [7, 11) is 2.02. The van der Waals surface area contributed by atoms with Crippen LogP contribution in [0.4, 0.5) is 0 Å². The second-order valence-corrected chi connectivity index (χ2v) is 6.52. The molecule has 1 aromatic heterocycles. The van der Waals surface area contributed by atoms with Crippen molar-refractivity contribution in [2.24, 2.45) is 24.1 Å². The average Bonchev–Trinajstić information content (AvgIpc) is 2.47. The van der Waals surface area contributed by atoms with Crippen molar-refractivity contribution in [3.8, 4) is 0 Å². The lowest BCUT2D eigenvalue weighted by atomic mass is 9.82. The zero-order valence-electron chi connectivity index (χ0n) is 11.9. The van der Waals surface area contributed by atoms with E-state index in [0.29, 0.717) is 11.3 Å². The molecule has 3 heteroatoms. The first-order valence-electron chi connectivity index (χ1n) is 6.49. The topological polar surface area (TPSA) is 43.8 Å². The van der Waals surface area contributed by atoms with Gasteiger partial charge >= 0.3 is 0 Å². The number of hydrogen-bond acceptors (Lipinski definition) is 2. The quantitative estimate of drug-likeness (QED) is 0.855. The third kappa shape index (κ3) is 5.35. The van der Waals surface area contributed by atoms with Crippen LogP contribution in [0.5, 0.6) is 0 Å². The Kier molecular flexibility index (Phi) is 4.75. The van der Waals surface area contributed by atoms with Gasteiger partial charge in [-0.2, -0.15) is 0 Å². The molecule has 0 saturated carbocycles. The molecule has 0 aliphatic rings. The van der Waals surface area contributed by atoms with Crippen LogP contribution in [-0.4, -0.2) is 15.6 Å². The summed E-state index contributed by atoms with van der Waals surface area (Å²) in [6.45, 7) is 9.15. The van der Waals surface area contributed by atoms with Crippen molar-refractivity contribution in [2.45, 2.75) is 53.0 Å². The van der Waals surface area contributed by atoms with Crippen LogP contribution in [0.25, 0.3) is 0 Å². The van der Waals surface area contributed by atoms with E-state index in [9.17, 15) is 0 Å². The number of hydrogen-bond donors (Lipinski definition) is 1. The van der Waals surface area contributed by atoms with Crippen LogP contribution in [0.1, 0.15) is 46.4 Å². The van der Waals surface area contributed by atoms with Crippen LogP contribution in [0, 0.1) is 11.3 Å². The van der Waals surface area contributed by atoms with Gasteiger partial charge in [0, 0.05) is 31.9 Å². The van der Waals surface area contributed by atoms with Gasteiger partial charge in [0.05, 0.1) is 0 Å². The van der Waals surface area contributed by atoms with Crippen molar-refractivity contribution < 1.29 is 0 Å². The fourth-order valence-corrected chi connectivity index (χ4v) is 2.56. The minimum Gasteiger partial charge on any atom is -0.338 e. The highest BCUT2D eigenvalue weighted by molar-refractivity contribution is 4.94. The van der Waals surface area contributed by atoms with Gasteiger partial charge in [0.2, 0.25) is 0 Å². The minimum absolute atomic E-state index is 0.216. The van der Waals surface area contributed by atoms with E-state index in [1.54, 1.807) is 0 Å². The predicted octanol–water partition coefficient (Wildman–Crippen LogP) is 2.75. The third-order valence-electron chi connectivity index (χ3n) is 3.03. The zero-order valence-corrected chi connectivity index (χ0v) is 11.9. The summed E-state index contributed by atoms with van der Waals surface area (Å²) in [6, 6.07) is 0.216. The number of aryl methyl sites for hydroxylation is 1. The third-order valence-corrected chi connectivity index (χ3v) is 3.03. The van der Waals surface area contributed by atoms with Gasteiger partial charge in [-0.15, -0.1) is 0 Å². The van der Waals surface area contributed by atoms with Gasteiger partial charge in [0.25, 0.3) is 0 Å². The van der Waals surface area contributed by atoms with Gasteiger partial charge in [-0.25, -0.2) is 4.98 Å². The maximum Gasteiger partial charge on any atom is 0.109 e. The lowest BCUT2D eigenvalue weighted by Crippen LogP contribution is -2.28. The molecule has 1 heterocycles. The molecular formula is C14H27N3. The van der Waals surface area contributed by atoms with Crippen molar-refractivity contribution in [1.29, 1.82) is 0 Å². The maximum absolute atomic E-state index is 6.20. The van der Waals surface area contributed by atoms with Crippen LogP contribution in [0.3, 0.4) is 0 Å². The molecule has 0 aliphatic heterocycles. The van der Waals surface area contributed by atoms with Crippen molar-refractivity contribution in [1.82, 2.24) is 9.55 Å². The first-order chi connectivity index (χ1) is 7.78. The fraction of sp³-hybridized carbons (Fsp3) is 0.786. The van der Waals surface area contributed by atoms with Gasteiger partial charge in [-0.05, 0) is 24.2 Å². The van der Waals surface area contributed by atoms with Crippen LogP contribution in [0.2, 0.25) is 0 Å². The molecule has 98 valence electrons. The Balaban J connectivity index is 2.39. The molecule has 0 bridgehead atoms. The molecule has 17 heavy (non-hydrogen) atoms. The van der Waals surface area contributed by atoms with Crippen molar-refractivity contribution in [3.63, 3.8) is 0 Å². The molecule has 0 aromatic carbocycles. The molecule has 0 aliphatic carbocycles. The minimum atomic E-state index is 0.216. The molecule has 3 nitrogen and oxygen atoms in total. The monoisotopic (exact) mass is 237 g/mol. The van der Waals surface area contributed by atoms with Crippen molar-refractivity contribution in [3.05, 3.63) is 18.2 Å². The molecule has 0 amide bonds. The van der Waals surface area contributed by atoms with Crippen LogP contribution < -0.4 is 5.73 Å². The Hall–Kier alpha value is -0.830. The molecule has 0 radical (unpaired) electrons.